The van der Waals surface area contributed by atoms with E-state index in [0.29, 0.717) is 5.75 Å². The van der Waals surface area contributed by atoms with Gasteiger partial charge in [0, 0.05) is 17.9 Å². The van der Waals surface area contributed by atoms with Crippen molar-refractivity contribution >= 4 is 23.4 Å². The molecule has 8 nitrogen and oxygen atoms in total. The second-order valence-electron chi connectivity index (χ2n) is 5.45. The average molecular weight is 406 g/mol. The van der Waals surface area contributed by atoms with Crippen LogP contribution in [-0.2, 0) is 12.3 Å². The number of benzene rings is 2. The van der Waals surface area contributed by atoms with Gasteiger partial charge in [0.15, 0.2) is 0 Å². The maximum Gasteiger partial charge on any atom is 0.276 e. The predicted octanol–water partition coefficient (Wildman–Crippen LogP) is 3.48. The van der Waals surface area contributed by atoms with Gasteiger partial charge in [-0.1, -0.05) is 30.0 Å². The van der Waals surface area contributed by atoms with Crippen LogP contribution in [0.1, 0.15) is 21.8 Å². The van der Waals surface area contributed by atoms with E-state index in [-0.39, 0.29) is 23.3 Å². The summed E-state index contributed by atoms with van der Waals surface area (Å²) in [6, 6.07) is 9.15. The molecule has 0 aliphatic carbocycles. The number of nitro benzene ring substituents is 1. The van der Waals surface area contributed by atoms with E-state index in [4.69, 9.17) is 4.42 Å². The fourth-order valence-corrected chi connectivity index (χ4v) is 2.92. The van der Waals surface area contributed by atoms with Gasteiger partial charge in [-0.25, -0.2) is 8.78 Å². The number of carbonyl (C=O) groups is 1. The summed E-state index contributed by atoms with van der Waals surface area (Å²) < 4.78 is 32.5. The molecule has 0 spiro atoms. The van der Waals surface area contributed by atoms with Crippen LogP contribution in [0.5, 0.6) is 0 Å². The van der Waals surface area contributed by atoms with Crippen LogP contribution in [0.3, 0.4) is 0 Å². The van der Waals surface area contributed by atoms with Crippen molar-refractivity contribution in [1.29, 1.82) is 0 Å². The van der Waals surface area contributed by atoms with E-state index in [9.17, 15) is 23.7 Å². The molecule has 0 radical (unpaired) electrons. The molecule has 3 aromatic rings. The molecule has 28 heavy (non-hydrogen) atoms. The minimum absolute atomic E-state index is 0.00384. The van der Waals surface area contributed by atoms with Crippen molar-refractivity contribution in [2.45, 2.75) is 17.5 Å². The molecule has 0 saturated carbocycles. The summed E-state index contributed by atoms with van der Waals surface area (Å²) >= 11 is 1.20. The lowest BCUT2D eigenvalue weighted by Crippen LogP contribution is -2.25. The van der Waals surface area contributed by atoms with Crippen molar-refractivity contribution in [3.05, 3.63) is 81.2 Å². The normalized spacial score (nSPS) is 10.6. The first-order valence-electron chi connectivity index (χ1n) is 7.85. The largest absolute Gasteiger partial charge is 0.414 e. The third-order valence-electron chi connectivity index (χ3n) is 3.55. The number of hydrogen-bond donors (Lipinski definition) is 1. The number of carbonyl (C=O) groups excluding carboxylic acids is 1. The Morgan fingerprint density at radius 3 is 2.46 bits per heavy atom. The van der Waals surface area contributed by atoms with Crippen molar-refractivity contribution < 1.29 is 22.9 Å². The van der Waals surface area contributed by atoms with E-state index in [1.165, 1.54) is 23.9 Å². The number of nitrogens with zero attached hydrogens (tertiary/aromatic N) is 3. The average Bonchev–Trinajstić information content (AvgIpc) is 3.13. The number of nitrogens with one attached hydrogen (secondary N) is 1. The van der Waals surface area contributed by atoms with Crippen LogP contribution < -0.4 is 5.32 Å². The van der Waals surface area contributed by atoms with E-state index in [2.05, 4.69) is 15.5 Å². The molecule has 1 N–H and O–H groups in total. The smallest absolute Gasteiger partial charge is 0.276 e. The first-order valence-corrected chi connectivity index (χ1v) is 8.83. The Labute approximate surface area is 161 Å². The molecule has 144 valence electrons. The highest BCUT2D eigenvalue weighted by molar-refractivity contribution is 7.98. The van der Waals surface area contributed by atoms with Crippen molar-refractivity contribution in [3.8, 4) is 0 Å². The van der Waals surface area contributed by atoms with Crippen molar-refractivity contribution in [2.75, 3.05) is 0 Å². The van der Waals surface area contributed by atoms with Gasteiger partial charge < -0.3 is 9.73 Å². The highest BCUT2D eigenvalue weighted by Crippen LogP contribution is 2.23. The molecule has 3 rings (SSSR count). The highest BCUT2D eigenvalue weighted by atomic mass is 32.2. The standard InChI is InChI=1S/C17H12F2N4O4S/c18-12-2-1-3-13(19)15(12)16(24)20-8-14-21-22-17(27-14)28-9-10-4-6-11(7-5-10)23(25)26/h1-7H,8-9H2,(H,20,24). The van der Waals surface area contributed by atoms with E-state index >= 15 is 0 Å². The van der Waals surface area contributed by atoms with Crippen molar-refractivity contribution in [1.82, 2.24) is 15.5 Å². The number of aromatic nitrogens is 2. The fraction of sp³-hybridized carbons (Fsp3) is 0.118. The van der Waals surface area contributed by atoms with Crippen LogP contribution in [-0.4, -0.2) is 21.0 Å². The van der Waals surface area contributed by atoms with Crippen LogP contribution in [0.25, 0.3) is 0 Å². The number of halogens is 2. The van der Waals surface area contributed by atoms with Gasteiger partial charge in [-0.2, -0.15) is 0 Å². The molecule has 0 bridgehead atoms. The number of hydrogen-bond acceptors (Lipinski definition) is 7. The van der Waals surface area contributed by atoms with Crippen LogP contribution in [0.4, 0.5) is 14.5 Å². The predicted molar refractivity (Wildman–Crippen MR) is 94.5 cm³/mol. The summed E-state index contributed by atoms with van der Waals surface area (Å²) in [6.07, 6.45) is 0. The van der Waals surface area contributed by atoms with E-state index in [1.54, 1.807) is 12.1 Å². The Kier molecular flexibility index (Phi) is 5.94. The molecule has 0 atom stereocenters. The van der Waals surface area contributed by atoms with Gasteiger partial charge in [0.2, 0.25) is 5.89 Å². The molecule has 1 aromatic heterocycles. The minimum atomic E-state index is -0.970. The van der Waals surface area contributed by atoms with E-state index in [1.807, 2.05) is 0 Å². The summed E-state index contributed by atoms with van der Waals surface area (Å²) in [4.78, 5) is 22.1. The maximum atomic E-state index is 13.6. The molecule has 0 fully saturated rings. The van der Waals surface area contributed by atoms with Gasteiger partial charge >= 0.3 is 0 Å². The van der Waals surface area contributed by atoms with E-state index in [0.717, 1.165) is 23.8 Å². The van der Waals surface area contributed by atoms with Gasteiger partial charge in [0.1, 0.15) is 17.2 Å². The summed E-state index contributed by atoms with van der Waals surface area (Å²) in [5.41, 5.74) is 0.129. The third kappa shape index (κ3) is 4.68. The zero-order valence-electron chi connectivity index (χ0n) is 14.1. The quantitative estimate of drug-likeness (QED) is 0.363. The molecule has 11 heteroatoms. The van der Waals surface area contributed by atoms with Gasteiger partial charge in [-0.3, -0.25) is 14.9 Å². The van der Waals surface area contributed by atoms with Crippen LogP contribution in [0, 0.1) is 21.7 Å². The van der Waals surface area contributed by atoms with Gasteiger partial charge in [-0.15, -0.1) is 10.2 Å². The molecule has 2 aromatic carbocycles. The Morgan fingerprint density at radius 1 is 1.14 bits per heavy atom. The Balaban J connectivity index is 1.54. The SMILES string of the molecule is O=C(NCc1nnc(SCc2ccc([N+](=O)[O-])cc2)o1)c1c(F)cccc1F. The van der Waals surface area contributed by atoms with E-state index < -0.39 is 28.0 Å². The molecule has 0 aliphatic heterocycles. The van der Waals surface area contributed by atoms with Crippen LogP contribution >= 0.6 is 11.8 Å². The van der Waals surface area contributed by atoms with Crippen LogP contribution in [0.2, 0.25) is 0 Å². The number of non-ortho nitro benzene ring substituents is 1. The van der Waals surface area contributed by atoms with Gasteiger partial charge in [-0.05, 0) is 17.7 Å². The summed E-state index contributed by atoms with van der Waals surface area (Å²) in [5.74, 6) is -2.37. The molecular formula is C17H12F2N4O4S. The first kappa shape index (κ1) is 19.4. The molecule has 1 heterocycles. The zero-order valence-corrected chi connectivity index (χ0v) is 14.9. The zero-order chi connectivity index (χ0) is 20.1. The fourth-order valence-electron chi connectivity index (χ4n) is 2.19. The molecule has 0 unspecified atom stereocenters. The molecule has 0 aliphatic rings. The Morgan fingerprint density at radius 2 is 1.82 bits per heavy atom. The third-order valence-corrected chi connectivity index (χ3v) is 4.44. The lowest BCUT2D eigenvalue weighted by Gasteiger charge is -2.04. The van der Waals surface area contributed by atoms with Crippen molar-refractivity contribution in [3.63, 3.8) is 0 Å². The second kappa shape index (κ2) is 8.57. The topological polar surface area (TPSA) is 111 Å². The Bertz CT molecular complexity index is 990. The van der Waals surface area contributed by atoms with Gasteiger partial charge in [0.25, 0.3) is 16.8 Å². The number of rotatable bonds is 7. The summed E-state index contributed by atoms with van der Waals surface area (Å²) in [7, 11) is 0. The van der Waals surface area contributed by atoms with Crippen LogP contribution in [0.15, 0.2) is 52.1 Å². The molecule has 1 amide bonds. The second-order valence-corrected chi connectivity index (χ2v) is 6.38. The van der Waals surface area contributed by atoms with Crippen molar-refractivity contribution in [2.24, 2.45) is 0 Å². The number of amides is 1. The molecule has 0 saturated heterocycles. The molecular weight excluding hydrogens is 394 g/mol. The Hall–Kier alpha value is -3.34. The monoisotopic (exact) mass is 406 g/mol. The minimum Gasteiger partial charge on any atom is -0.414 e. The number of thioether (sulfide) groups is 1. The van der Waals surface area contributed by atoms with Gasteiger partial charge in [0.05, 0.1) is 11.5 Å². The summed E-state index contributed by atoms with van der Waals surface area (Å²) in [5, 5.41) is 20.7. The lowest BCUT2D eigenvalue weighted by molar-refractivity contribution is -0.384. The maximum absolute atomic E-state index is 13.6. The first-order chi connectivity index (χ1) is 13.4. The highest BCUT2D eigenvalue weighted by Gasteiger charge is 2.17. The lowest BCUT2D eigenvalue weighted by atomic mass is 10.2. The number of nitro groups is 1. The summed E-state index contributed by atoms with van der Waals surface area (Å²) in [6.45, 7) is -0.197.